The van der Waals surface area contributed by atoms with E-state index < -0.39 is 5.97 Å². The summed E-state index contributed by atoms with van der Waals surface area (Å²) in [5.74, 6) is 2.82. The van der Waals surface area contributed by atoms with Crippen LogP contribution in [0, 0.1) is 17.8 Å². The normalized spacial score (nSPS) is 26.9. The van der Waals surface area contributed by atoms with E-state index in [-0.39, 0.29) is 12.0 Å². The monoisotopic (exact) mass is 474 g/mol. The number of hydrogen-bond acceptors (Lipinski definition) is 3. The number of carboxylic acids is 1. The molecule has 4 nitrogen and oxygen atoms in total. The van der Waals surface area contributed by atoms with Gasteiger partial charge in [0.05, 0.1) is 12.2 Å². The molecule has 0 spiro atoms. The van der Waals surface area contributed by atoms with Gasteiger partial charge in [-0.15, -0.1) is 0 Å². The van der Waals surface area contributed by atoms with E-state index in [9.17, 15) is 4.79 Å². The predicted octanol–water partition coefficient (Wildman–Crippen LogP) is 6.95. The minimum atomic E-state index is -0.904. The number of aromatic carboxylic acids is 1. The highest BCUT2D eigenvalue weighted by molar-refractivity contribution is 5.88. The third-order valence-electron chi connectivity index (χ3n) is 8.55. The Morgan fingerprint density at radius 3 is 2.09 bits per heavy atom. The minimum absolute atomic E-state index is 0.268. The smallest absolute Gasteiger partial charge is 0.335 e. The molecule has 4 aliphatic rings. The van der Waals surface area contributed by atoms with E-state index in [0.29, 0.717) is 12.2 Å². The van der Waals surface area contributed by atoms with Gasteiger partial charge in [0, 0.05) is 12.2 Å². The van der Waals surface area contributed by atoms with Gasteiger partial charge in [-0.05, 0) is 110 Å². The predicted molar refractivity (Wildman–Crippen MR) is 140 cm³/mol. The van der Waals surface area contributed by atoms with Crippen molar-refractivity contribution >= 4 is 18.1 Å². The molecule has 0 aliphatic heterocycles. The molecule has 186 valence electrons. The van der Waals surface area contributed by atoms with Crippen LogP contribution < -0.4 is 4.74 Å². The van der Waals surface area contributed by atoms with Crippen LogP contribution in [0.15, 0.2) is 42.5 Å². The lowest BCUT2D eigenvalue weighted by atomic mass is 9.48. The molecule has 4 bridgehead atoms. The van der Waals surface area contributed by atoms with E-state index in [0.717, 1.165) is 60.3 Å². The summed E-state index contributed by atoms with van der Waals surface area (Å²) in [6, 6.07) is 13.7. The summed E-state index contributed by atoms with van der Waals surface area (Å²) >= 11 is 0. The number of benzene rings is 2. The molecule has 4 aliphatic carbocycles. The molecule has 0 unspecified atom stereocenters. The molecular formula is C31H38O4. The largest absolute Gasteiger partial charge is 0.493 e. The average Bonchev–Trinajstić information content (AvgIpc) is 2.84. The van der Waals surface area contributed by atoms with Crippen molar-refractivity contribution in [3.8, 4) is 5.75 Å². The van der Waals surface area contributed by atoms with Crippen LogP contribution in [0.4, 0.5) is 0 Å². The maximum atomic E-state index is 11.1. The molecule has 0 aromatic heterocycles. The molecule has 0 heterocycles. The number of carbonyl (C=O) groups is 1. The van der Waals surface area contributed by atoms with E-state index in [2.05, 4.69) is 24.3 Å². The number of ether oxygens (including phenoxy) is 1. The molecule has 0 radical (unpaired) electrons. The molecule has 0 atom stereocenters. The first-order valence-electron chi connectivity index (χ1n) is 13.4. The van der Waals surface area contributed by atoms with Crippen LogP contribution in [-0.4, -0.2) is 29.4 Å². The first kappa shape index (κ1) is 24.1. The van der Waals surface area contributed by atoms with Gasteiger partial charge in [-0.1, -0.05) is 42.8 Å². The van der Waals surface area contributed by atoms with E-state index in [1.807, 2.05) is 18.2 Å². The molecule has 6 rings (SSSR count). The van der Waals surface area contributed by atoms with Gasteiger partial charge in [-0.3, -0.25) is 0 Å². The highest BCUT2D eigenvalue weighted by Gasteiger charge is 2.52. The summed E-state index contributed by atoms with van der Waals surface area (Å²) < 4.78 is 6.48. The zero-order valence-electron chi connectivity index (χ0n) is 20.6. The Labute approximate surface area is 209 Å². The summed E-state index contributed by atoms with van der Waals surface area (Å²) in [5.41, 5.74) is 4.10. The van der Waals surface area contributed by atoms with Crippen LogP contribution in [-0.2, 0) is 5.41 Å². The van der Waals surface area contributed by atoms with Gasteiger partial charge in [0.1, 0.15) is 5.75 Å². The molecule has 4 fully saturated rings. The highest BCUT2D eigenvalue weighted by Crippen LogP contribution is 2.61. The topological polar surface area (TPSA) is 66.8 Å². The van der Waals surface area contributed by atoms with Gasteiger partial charge in [-0.2, -0.15) is 0 Å². The van der Waals surface area contributed by atoms with Gasteiger partial charge in [0.25, 0.3) is 0 Å². The van der Waals surface area contributed by atoms with E-state index >= 15 is 0 Å². The Kier molecular flexibility index (Phi) is 7.29. The van der Waals surface area contributed by atoms with Crippen LogP contribution in [0.3, 0.4) is 0 Å². The number of rotatable bonds is 11. The molecule has 2 aromatic carbocycles. The van der Waals surface area contributed by atoms with Gasteiger partial charge in [-0.25, -0.2) is 4.79 Å². The summed E-state index contributed by atoms with van der Waals surface area (Å²) in [7, 11) is 0. The zero-order chi connectivity index (χ0) is 24.3. The Hall–Kier alpha value is -2.59. The average molecular weight is 475 g/mol. The number of aliphatic hydroxyl groups excluding tert-OH is 1. The third-order valence-corrected chi connectivity index (χ3v) is 8.55. The van der Waals surface area contributed by atoms with E-state index in [1.54, 1.807) is 12.1 Å². The molecule has 0 amide bonds. The molecule has 4 saturated carbocycles. The summed E-state index contributed by atoms with van der Waals surface area (Å²) in [5, 5.41) is 18.1. The van der Waals surface area contributed by atoms with Crippen molar-refractivity contribution in [2.45, 2.75) is 69.6 Å². The van der Waals surface area contributed by atoms with Crippen LogP contribution in [0.2, 0.25) is 0 Å². The number of aliphatic hydroxyl groups is 1. The second-order valence-corrected chi connectivity index (χ2v) is 11.2. The minimum Gasteiger partial charge on any atom is -0.493 e. The second-order valence-electron chi connectivity index (χ2n) is 11.2. The Morgan fingerprint density at radius 2 is 1.46 bits per heavy atom. The van der Waals surface area contributed by atoms with Crippen molar-refractivity contribution in [1.29, 1.82) is 0 Å². The molecule has 2 N–H and O–H groups in total. The standard InChI is InChI=1S/C31H38O4/c32-13-3-1-2-4-14-35-29-18-23(6-5-22-7-10-27(11-8-22)30(33)34)9-12-28(29)31-19-24-15-25(20-31)17-26(16-24)21-31/h5-12,18,24-26,32H,1-4,13-17,19-21H2,(H,33,34)/b6-5+. The number of carboxylic acid groups (broad SMARTS) is 1. The van der Waals surface area contributed by atoms with Crippen molar-refractivity contribution in [3.63, 3.8) is 0 Å². The van der Waals surface area contributed by atoms with Gasteiger partial charge in [0.2, 0.25) is 0 Å². The summed E-state index contributed by atoms with van der Waals surface area (Å²) in [6.07, 6.45) is 16.4. The van der Waals surface area contributed by atoms with Gasteiger partial charge in [0.15, 0.2) is 0 Å². The number of unbranched alkanes of at least 4 members (excludes halogenated alkanes) is 3. The van der Waals surface area contributed by atoms with E-state index in [4.69, 9.17) is 14.9 Å². The van der Waals surface area contributed by atoms with Crippen LogP contribution >= 0.6 is 0 Å². The lowest BCUT2D eigenvalue weighted by molar-refractivity contribution is -0.00640. The molecule has 4 heteroatoms. The SMILES string of the molecule is O=C(O)c1ccc(/C=C/c2ccc(C34CC5CC(CC(C5)C3)C4)c(OCCCCCCO)c2)cc1. The lowest BCUT2D eigenvalue weighted by Crippen LogP contribution is -2.48. The van der Waals surface area contributed by atoms with E-state index in [1.165, 1.54) is 44.1 Å². The lowest BCUT2D eigenvalue weighted by Gasteiger charge is -2.57. The van der Waals surface area contributed by atoms with Crippen molar-refractivity contribution in [2.24, 2.45) is 17.8 Å². The van der Waals surface area contributed by atoms with Gasteiger partial charge < -0.3 is 14.9 Å². The fraction of sp³-hybridized carbons (Fsp3) is 0.516. The molecule has 0 saturated heterocycles. The van der Waals surface area contributed by atoms with Crippen LogP contribution in [0.5, 0.6) is 5.75 Å². The molecular weight excluding hydrogens is 436 g/mol. The number of hydrogen-bond donors (Lipinski definition) is 2. The van der Waals surface area contributed by atoms with Gasteiger partial charge >= 0.3 is 5.97 Å². The Morgan fingerprint density at radius 1 is 0.857 bits per heavy atom. The van der Waals surface area contributed by atoms with Crippen LogP contribution in [0.25, 0.3) is 12.2 Å². The highest BCUT2D eigenvalue weighted by atomic mass is 16.5. The van der Waals surface area contributed by atoms with Crippen molar-refractivity contribution in [1.82, 2.24) is 0 Å². The summed E-state index contributed by atoms with van der Waals surface area (Å²) in [4.78, 5) is 11.1. The van der Waals surface area contributed by atoms with Crippen molar-refractivity contribution in [2.75, 3.05) is 13.2 Å². The maximum Gasteiger partial charge on any atom is 0.335 e. The summed E-state index contributed by atoms with van der Waals surface area (Å²) in [6.45, 7) is 0.985. The fourth-order valence-electron chi connectivity index (χ4n) is 7.32. The first-order valence-corrected chi connectivity index (χ1v) is 13.4. The van der Waals surface area contributed by atoms with Crippen LogP contribution in [0.1, 0.15) is 91.3 Å². The van der Waals surface area contributed by atoms with Crippen molar-refractivity contribution < 1.29 is 19.7 Å². The fourth-order valence-corrected chi connectivity index (χ4v) is 7.32. The molecule has 35 heavy (non-hydrogen) atoms. The molecule has 2 aromatic rings. The Balaban J connectivity index is 1.36. The Bertz CT molecular complexity index is 1020. The van der Waals surface area contributed by atoms with Crippen molar-refractivity contribution in [3.05, 3.63) is 64.7 Å². The quantitative estimate of drug-likeness (QED) is 0.273. The maximum absolute atomic E-state index is 11.1. The third kappa shape index (κ3) is 5.48. The first-order chi connectivity index (χ1) is 17.0. The zero-order valence-corrected chi connectivity index (χ0v) is 20.6. The second kappa shape index (κ2) is 10.6.